The average molecular weight is 431 g/mol. The molecule has 30 heavy (non-hydrogen) atoms. The van der Waals surface area contributed by atoms with Crippen molar-refractivity contribution in [3.8, 4) is 5.75 Å². The first kappa shape index (κ1) is 22.0. The molecule has 2 unspecified atom stereocenters. The highest BCUT2D eigenvalue weighted by molar-refractivity contribution is 7.89. The second-order valence-electron chi connectivity index (χ2n) is 7.20. The lowest BCUT2D eigenvalue weighted by Gasteiger charge is -2.34. The predicted octanol–water partition coefficient (Wildman–Crippen LogP) is 3.15. The molecule has 1 saturated heterocycles. The Balaban J connectivity index is 1.65. The highest BCUT2D eigenvalue weighted by Crippen LogP contribution is 2.22. The van der Waals surface area contributed by atoms with Gasteiger partial charge in [-0.05, 0) is 61.9 Å². The van der Waals surface area contributed by atoms with Crippen LogP contribution in [-0.4, -0.2) is 51.0 Å². The molecule has 1 amide bonds. The number of amides is 1. The van der Waals surface area contributed by atoms with Gasteiger partial charge in [0.2, 0.25) is 15.9 Å². The number of anilines is 1. The van der Waals surface area contributed by atoms with Crippen LogP contribution in [0.5, 0.6) is 5.75 Å². The van der Waals surface area contributed by atoms with Gasteiger partial charge in [-0.25, -0.2) is 8.42 Å². The molecule has 0 bridgehead atoms. The smallest absolute Gasteiger partial charge is 0.248 e. The van der Waals surface area contributed by atoms with Crippen LogP contribution in [0.2, 0.25) is 0 Å². The lowest BCUT2D eigenvalue weighted by atomic mass is 10.2. The maximum absolute atomic E-state index is 12.9. The summed E-state index contributed by atoms with van der Waals surface area (Å²) in [6.45, 7) is 4.35. The van der Waals surface area contributed by atoms with E-state index in [4.69, 9.17) is 9.47 Å². The van der Waals surface area contributed by atoms with E-state index in [1.54, 1.807) is 25.3 Å². The van der Waals surface area contributed by atoms with Crippen LogP contribution in [-0.2, 0) is 19.6 Å². The number of methoxy groups -OCH3 is 1. The molecule has 2 atom stereocenters. The van der Waals surface area contributed by atoms with Crippen molar-refractivity contribution in [2.75, 3.05) is 25.5 Å². The number of benzene rings is 2. The molecular weight excluding hydrogens is 404 g/mol. The van der Waals surface area contributed by atoms with Gasteiger partial charge in [-0.3, -0.25) is 4.79 Å². The van der Waals surface area contributed by atoms with Crippen LogP contribution >= 0.6 is 0 Å². The summed E-state index contributed by atoms with van der Waals surface area (Å²) < 4.78 is 38.0. The molecule has 160 valence electrons. The van der Waals surface area contributed by atoms with Crippen molar-refractivity contribution in [2.45, 2.75) is 31.0 Å². The quantitative estimate of drug-likeness (QED) is 0.712. The summed E-state index contributed by atoms with van der Waals surface area (Å²) in [5.41, 5.74) is 1.35. The molecule has 1 heterocycles. The SMILES string of the molecule is COc1cccc(C=CC(=O)Nc2ccc(S(=O)(=O)N3CC(C)OC(C)C3)cc2)c1. The fourth-order valence-electron chi connectivity index (χ4n) is 3.29. The minimum atomic E-state index is -3.61. The molecule has 7 nitrogen and oxygen atoms in total. The minimum absolute atomic E-state index is 0.154. The first-order valence-electron chi connectivity index (χ1n) is 9.67. The molecule has 0 aromatic heterocycles. The third kappa shape index (κ3) is 5.47. The summed E-state index contributed by atoms with van der Waals surface area (Å²) in [6, 6.07) is 13.5. The zero-order chi connectivity index (χ0) is 21.7. The van der Waals surface area contributed by atoms with Crippen molar-refractivity contribution < 1.29 is 22.7 Å². The van der Waals surface area contributed by atoms with Crippen LogP contribution in [0, 0.1) is 0 Å². The third-order valence-electron chi connectivity index (χ3n) is 4.67. The van der Waals surface area contributed by atoms with E-state index in [9.17, 15) is 13.2 Å². The van der Waals surface area contributed by atoms with Gasteiger partial charge in [-0.2, -0.15) is 4.31 Å². The second-order valence-corrected chi connectivity index (χ2v) is 9.14. The highest BCUT2D eigenvalue weighted by Gasteiger charge is 2.32. The molecule has 0 aliphatic carbocycles. The molecular formula is C22H26N2O5S. The number of nitrogens with one attached hydrogen (secondary N) is 1. The van der Waals surface area contributed by atoms with Gasteiger partial charge in [-0.15, -0.1) is 0 Å². The number of sulfonamides is 1. The van der Waals surface area contributed by atoms with Crippen LogP contribution in [0.25, 0.3) is 6.08 Å². The van der Waals surface area contributed by atoms with Crippen LogP contribution in [0.4, 0.5) is 5.69 Å². The molecule has 1 aliphatic heterocycles. The second kappa shape index (κ2) is 9.42. The van der Waals surface area contributed by atoms with Crippen LogP contribution in [0.15, 0.2) is 59.5 Å². The largest absolute Gasteiger partial charge is 0.497 e. The molecule has 0 radical (unpaired) electrons. The number of morpholine rings is 1. The molecule has 3 rings (SSSR count). The fraction of sp³-hybridized carbons (Fsp3) is 0.318. The van der Waals surface area contributed by atoms with E-state index in [1.807, 2.05) is 38.1 Å². The molecule has 1 aliphatic rings. The first-order valence-corrected chi connectivity index (χ1v) is 11.1. The topological polar surface area (TPSA) is 84.9 Å². The summed E-state index contributed by atoms with van der Waals surface area (Å²) in [6.07, 6.45) is 2.78. The number of hydrogen-bond acceptors (Lipinski definition) is 5. The lowest BCUT2D eigenvalue weighted by Crippen LogP contribution is -2.48. The van der Waals surface area contributed by atoms with E-state index in [0.717, 1.165) is 5.56 Å². The van der Waals surface area contributed by atoms with E-state index in [2.05, 4.69) is 5.32 Å². The van der Waals surface area contributed by atoms with Crippen molar-refractivity contribution in [1.82, 2.24) is 4.31 Å². The Kier molecular flexibility index (Phi) is 6.91. The Hall–Kier alpha value is -2.68. The van der Waals surface area contributed by atoms with E-state index in [1.165, 1.54) is 22.5 Å². The van der Waals surface area contributed by atoms with Crippen LogP contribution < -0.4 is 10.1 Å². The number of carbonyl (C=O) groups excluding carboxylic acids is 1. The van der Waals surface area contributed by atoms with E-state index >= 15 is 0 Å². The zero-order valence-electron chi connectivity index (χ0n) is 17.2. The van der Waals surface area contributed by atoms with Gasteiger partial charge in [0, 0.05) is 24.9 Å². The lowest BCUT2D eigenvalue weighted by molar-refractivity contribution is -0.111. The molecule has 1 fully saturated rings. The Labute approximate surface area is 177 Å². The van der Waals surface area contributed by atoms with Crippen LogP contribution in [0.1, 0.15) is 19.4 Å². The first-order chi connectivity index (χ1) is 14.3. The van der Waals surface area contributed by atoms with Gasteiger partial charge >= 0.3 is 0 Å². The highest BCUT2D eigenvalue weighted by atomic mass is 32.2. The Morgan fingerprint density at radius 1 is 1.13 bits per heavy atom. The third-order valence-corrected chi connectivity index (χ3v) is 6.51. The number of rotatable bonds is 6. The van der Waals surface area contributed by atoms with Gasteiger partial charge in [0.25, 0.3) is 0 Å². The predicted molar refractivity (Wildman–Crippen MR) is 116 cm³/mol. The molecule has 8 heteroatoms. The summed E-state index contributed by atoms with van der Waals surface area (Å²) in [5.74, 6) is 0.391. The summed E-state index contributed by atoms with van der Waals surface area (Å²) in [4.78, 5) is 12.4. The average Bonchev–Trinajstić information content (AvgIpc) is 2.72. The minimum Gasteiger partial charge on any atom is -0.497 e. The van der Waals surface area contributed by atoms with Gasteiger partial charge in [0.05, 0.1) is 24.2 Å². The van der Waals surface area contributed by atoms with Gasteiger partial charge in [0.1, 0.15) is 5.75 Å². The molecule has 1 N–H and O–H groups in total. The molecule has 0 saturated carbocycles. The van der Waals surface area contributed by atoms with E-state index in [-0.39, 0.29) is 23.0 Å². The Morgan fingerprint density at radius 3 is 2.43 bits per heavy atom. The number of nitrogens with zero attached hydrogens (tertiary/aromatic N) is 1. The molecule has 0 spiro atoms. The van der Waals surface area contributed by atoms with E-state index < -0.39 is 10.0 Å². The van der Waals surface area contributed by atoms with Crippen LogP contribution in [0.3, 0.4) is 0 Å². The van der Waals surface area contributed by atoms with Crippen molar-refractivity contribution in [3.63, 3.8) is 0 Å². The molecule has 2 aromatic rings. The fourth-order valence-corrected chi connectivity index (χ4v) is 4.88. The molecule has 2 aromatic carbocycles. The summed E-state index contributed by atoms with van der Waals surface area (Å²) in [7, 11) is -2.03. The zero-order valence-corrected chi connectivity index (χ0v) is 18.1. The monoisotopic (exact) mass is 430 g/mol. The van der Waals surface area contributed by atoms with Gasteiger partial charge in [0.15, 0.2) is 0 Å². The number of hydrogen-bond donors (Lipinski definition) is 1. The maximum Gasteiger partial charge on any atom is 0.248 e. The van der Waals surface area contributed by atoms with Gasteiger partial charge < -0.3 is 14.8 Å². The van der Waals surface area contributed by atoms with Crippen molar-refractivity contribution in [2.24, 2.45) is 0 Å². The number of carbonyl (C=O) groups is 1. The normalized spacial score (nSPS) is 20.2. The van der Waals surface area contributed by atoms with Gasteiger partial charge in [-0.1, -0.05) is 12.1 Å². The van der Waals surface area contributed by atoms with Crippen molar-refractivity contribution >= 4 is 27.7 Å². The summed E-state index contributed by atoms with van der Waals surface area (Å²) >= 11 is 0. The Bertz CT molecular complexity index is 1010. The van der Waals surface area contributed by atoms with Crippen molar-refractivity contribution in [1.29, 1.82) is 0 Å². The standard InChI is InChI=1S/C22H26N2O5S/c1-16-14-24(15-17(2)29-16)30(26,27)21-10-8-19(9-11-21)23-22(25)12-7-18-5-4-6-20(13-18)28-3/h4-13,16-17H,14-15H2,1-3H3,(H,23,25). The van der Waals surface area contributed by atoms with Crippen molar-refractivity contribution in [3.05, 3.63) is 60.2 Å². The maximum atomic E-state index is 12.9. The Morgan fingerprint density at radius 2 is 1.80 bits per heavy atom. The number of ether oxygens (including phenoxy) is 2. The summed E-state index contributed by atoms with van der Waals surface area (Å²) in [5, 5.41) is 2.73. The van der Waals surface area contributed by atoms with E-state index in [0.29, 0.717) is 24.5 Å².